The van der Waals surface area contributed by atoms with Crippen molar-refractivity contribution >= 4 is 23.7 Å². The quantitative estimate of drug-likeness (QED) is 0.648. The van der Waals surface area contributed by atoms with Crippen molar-refractivity contribution in [1.82, 2.24) is 15.2 Å². The van der Waals surface area contributed by atoms with Crippen LogP contribution in [-0.2, 0) is 6.54 Å². The SMILES string of the molecule is CCCCn1nc(C)c(/C=N\NC(=O)c2ccccc2F)c1Cl. The van der Waals surface area contributed by atoms with Gasteiger partial charge in [-0.3, -0.25) is 9.48 Å². The van der Waals surface area contributed by atoms with Crippen molar-refractivity contribution in [2.75, 3.05) is 0 Å². The zero-order valence-electron chi connectivity index (χ0n) is 13.0. The van der Waals surface area contributed by atoms with Crippen LogP contribution >= 0.6 is 11.6 Å². The van der Waals surface area contributed by atoms with Gasteiger partial charge in [-0.05, 0) is 25.5 Å². The number of benzene rings is 1. The first-order valence-corrected chi connectivity index (χ1v) is 7.73. The van der Waals surface area contributed by atoms with Gasteiger partial charge in [0.05, 0.1) is 23.0 Å². The summed E-state index contributed by atoms with van der Waals surface area (Å²) < 4.78 is 15.2. The zero-order chi connectivity index (χ0) is 16.8. The Morgan fingerprint density at radius 1 is 1.48 bits per heavy atom. The van der Waals surface area contributed by atoms with Gasteiger partial charge >= 0.3 is 0 Å². The van der Waals surface area contributed by atoms with Crippen LogP contribution in [0.2, 0.25) is 5.15 Å². The Kier molecular flexibility index (Phi) is 5.87. The number of hydrogen-bond donors (Lipinski definition) is 1. The third kappa shape index (κ3) is 4.16. The van der Waals surface area contributed by atoms with Gasteiger partial charge in [0.15, 0.2) is 0 Å². The van der Waals surface area contributed by atoms with Gasteiger partial charge in [-0.25, -0.2) is 9.82 Å². The molecule has 2 aromatic rings. The molecule has 0 unspecified atom stereocenters. The Morgan fingerprint density at radius 3 is 2.91 bits per heavy atom. The van der Waals surface area contributed by atoms with Crippen molar-refractivity contribution in [3.05, 3.63) is 52.1 Å². The molecule has 0 aliphatic carbocycles. The maximum absolute atomic E-state index is 13.5. The summed E-state index contributed by atoms with van der Waals surface area (Å²) in [7, 11) is 0. The summed E-state index contributed by atoms with van der Waals surface area (Å²) in [5.74, 6) is -1.21. The minimum atomic E-state index is -0.619. The molecular formula is C16H18ClFN4O. The number of carbonyl (C=O) groups is 1. The van der Waals surface area contributed by atoms with E-state index in [1.807, 2.05) is 6.92 Å². The summed E-state index contributed by atoms with van der Waals surface area (Å²) in [5.41, 5.74) is 3.58. The molecule has 23 heavy (non-hydrogen) atoms. The summed E-state index contributed by atoms with van der Waals surface area (Å²) in [6, 6.07) is 5.71. The van der Waals surface area contributed by atoms with Crippen LogP contribution in [0.1, 0.15) is 41.4 Å². The van der Waals surface area contributed by atoms with Crippen LogP contribution in [0.4, 0.5) is 4.39 Å². The predicted octanol–water partition coefficient (Wildman–Crippen LogP) is 3.55. The van der Waals surface area contributed by atoms with E-state index in [1.54, 1.807) is 10.7 Å². The highest BCUT2D eigenvalue weighted by Crippen LogP contribution is 2.18. The molecule has 0 aliphatic heterocycles. The van der Waals surface area contributed by atoms with E-state index in [9.17, 15) is 9.18 Å². The molecule has 1 aromatic carbocycles. The summed E-state index contributed by atoms with van der Waals surface area (Å²) in [6.07, 6.45) is 3.44. The largest absolute Gasteiger partial charge is 0.274 e. The van der Waals surface area contributed by atoms with Crippen molar-refractivity contribution in [2.24, 2.45) is 5.10 Å². The third-order valence-corrected chi connectivity index (χ3v) is 3.71. The molecule has 1 aromatic heterocycles. The first-order chi connectivity index (χ1) is 11.0. The van der Waals surface area contributed by atoms with Crippen LogP contribution < -0.4 is 5.43 Å². The molecule has 0 saturated carbocycles. The number of hydrazone groups is 1. The van der Waals surface area contributed by atoms with Gasteiger partial charge in [-0.2, -0.15) is 10.2 Å². The molecule has 1 heterocycles. The van der Waals surface area contributed by atoms with Crippen molar-refractivity contribution < 1.29 is 9.18 Å². The Bertz CT molecular complexity index is 727. The van der Waals surface area contributed by atoms with E-state index >= 15 is 0 Å². The van der Waals surface area contributed by atoms with E-state index in [1.165, 1.54) is 24.4 Å². The second kappa shape index (κ2) is 7.87. The molecule has 1 N–H and O–H groups in total. The molecule has 0 bridgehead atoms. The monoisotopic (exact) mass is 336 g/mol. The Hall–Kier alpha value is -2.21. The fourth-order valence-corrected chi connectivity index (χ4v) is 2.34. The molecule has 7 heteroatoms. The second-order valence-corrected chi connectivity index (χ2v) is 5.40. The maximum Gasteiger partial charge on any atom is 0.274 e. The number of nitrogens with one attached hydrogen (secondary N) is 1. The topological polar surface area (TPSA) is 59.3 Å². The second-order valence-electron chi connectivity index (χ2n) is 5.05. The van der Waals surface area contributed by atoms with Gasteiger partial charge in [0, 0.05) is 6.54 Å². The van der Waals surface area contributed by atoms with E-state index in [-0.39, 0.29) is 5.56 Å². The summed E-state index contributed by atoms with van der Waals surface area (Å²) in [5, 5.41) is 8.66. The molecule has 2 rings (SSSR count). The predicted molar refractivity (Wildman–Crippen MR) is 88.3 cm³/mol. The van der Waals surface area contributed by atoms with Crippen LogP contribution in [0.15, 0.2) is 29.4 Å². The lowest BCUT2D eigenvalue weighted by Crippen LogP contribution is -2.19. The normalized spacial score (nSPS) is 11.1. The Morgan fingerprint density at radius 2 is 2.22 bits per heavy atom. The van der Waals surface area contributed by atoms with Crippen molar-refractivity contribution in [3.8, 4) is 0 Å². The van der Waals surface area contributed by atoms with E-state index in [2.05, 4.69) is 22.5 Å². The Balaban J connectivity index is 2.08. The highest BCUT2D eigenvalue weighted by atomic mass is 35.5. The molecule has 0 fully saturated rings. The van der Waals surface area contributed by atoms with Crippen LogP contribution in [0.5, 0.6) is 0 Å². The highest BCUT2D eigenvalue weighted by Gasteiger charge is 2.12. The van der Waals surface area contributed by atoms with Crippen molar-refractivity contribution in [3.63, 3.8) is 0 Å². The number of hydrogen-bond acceptors (Lipinski definition) is 3. The van der Waals surface area contributed by atoms with Crippen molar-refractivity contribution in [1.29, 1.82) is 0 Å². The number of halogens is 2. The highest BCUT2D eigenvalue weighted by molar-refractivity contribution is 6.32. The number of aromatic nitrogens is 2. The molecule has 0 spiro atoms. The average molecular weight is 337 g/mol. The van der Waals surface area contributed by atoms with Crippen LogP contribution in [0, 0.1) is 12.7 Å². The molecule has 0 aliphatic rings. The number of nitrogens with zero attached hydrogens (tertiary/aromatic N) is 3. The zero-order valence-corrected chi connectivity index (χ0v) is 13.8. The van der Waals surface area contributed by atoms with E-state index in [4.69, 9.17) is 11.6 Å². The molecule has 1 amide bonds. The summed E-state index contributed by atoms with van der Waals surface area (Å²) in [6.45, 7) is 4.63. The number of amides is 1. The Labute approximate surface area is 139 Å². The molecular weight excluding hydrogens is 319 g/mol. The lowest BCUT2D eigenvalue weighted by molar-refractivity contribution is 0.0951. The van der Waals surface area contributed by atoms with Crippen LogP contribution in [0.3, 0.4) is 0 Å². The van der Waals surface area contributed by atoms with Gasteiger partial charge in [0.2, 0.25) is 0 Å². The van der Waals surface area contributed by atoms with Gasteiger partial charge in [0.1, 0.15) is 11.0 Å². The van der Waals surface area contributed by atoms with Crippen LogP contribution in [-0.4, -0.2) is 21.9 Å². The lowest BCUT2D eigenvalue weighted by Gasteiger charge is -2.01. The van der Waals surface area contributed by atoms with Crippen LogP contribution in [0.25, 0.3) is 0 Å². The lowest BCUT2D eigenvalue weighted by atomic mass is 10.2. The maximum atomic E-state index is 13.5. The first kappa shape index (κ1) is 17.1. The average Bonchev–Trinajstić information content (AvgIpc) is 2.80. The smallest absolute Gasteiger partial charge is 0.267 e. The molecule has 0 atom stereocenters. The van der Waals surface area contributed by atoms with Crippen molar-refractivity contribution in [2.45, 2.75) is 33.2 Å². The van der Waals surface area contributed by atoms with Gasteiger partial charge in [0.25, 0.3) is 5.91 Å². The summed E-state index contributed by atoms with van der Waals surface area (Å²) >= 11 is 6.26. The molecule has 122 valence electrons. The molecule has 0 saturated heterocycles. The van der Waals surface area contributed by atoms with E-state index in [0.717, 1.165) is 25.1 Å². The minimum Gasteiger partial charge on any atom is -0.267 e. The van der Waals surface area contributed by atoms with Gasteiger partial charge in [-0.1, -0.05) is 37.1 Å². The van der Waals surface area contributed by atoms with Gasteiger partial charge in [-0.15, -0.1) is 0 Å². The van der Waals surface area contributed by atoms with Gasteiger partial charge < -0.3 is 0 Å². The number of rotatable bonds is 6. The number of unbranched alkanes of at least 4 members (excludes halogenated alkanes) is 1. The fourth-order valence-electron chi connectivity index (χ4n) is 2.03. The number of aryl methyl sites for hydroxylation is 2. The number of carbonyl (C=O) groups excluding carboxylic acids is 1. The summed E-state index contributed by atoms with van der Waals surface area (Å²) in [4.78, 5) is 11.9. The molecule has 0 radical (unpaired) electrons. The third-order valence-electron chi connectivity index (χ3n) is 3.31. The minimum absolute atomic E-state index is 0.0638. The standard InChI is InChI=1S/C16H18ClFN4O/c1-3-4-9-22-15(17)13(11(2)21-22)10-19-20-16(23)12-7-5-6-8-14(12)18/h5-8,10H,3-4,9H2,1-2H3,(H,20,23)/b19-10-. The van der Waals surface area contributed by atoms with E-state index in [0.29, 0.717) is 10.7 Å². The van der Waals surface area contributed by atoms with E-state index < -0.39 is 11.7 Å². The fraction of sp³-hybridized carbons (Fsp3) is 0.312. The first-order valence-electron chi connectivity index (χ1n) is 7.35. The molecule has 5 nitrogen and oxygen atoms in total.